The summed E-state index contributed by atoms with van der Waals surface area (Å²) < 4.78 is 5.33. The first-order valence-corrected chi connectivity index (χ1v) is 11.6. The van der Waals surface area contributed by atoms with Gasteiger partial charge in [0.05, 0.1) is 0 Å². The van der Waals surface area contributed by atoms with Crippen LogP contribution in [0.15, 0.2) is 71.9 Å². The summed E-state index contributed by atoms with van der Waals surface area (Å²) in [5.41, 5.74) is 4.27. The van der Waals surface area contributed by atoms with Crippen molar-refractivity contribution in [1.82, 2.24) is 20.3 Å². The van der Waals surface area contributed by atoms with E-state index in [4.69, 9.17) is 4.74 Å². The van der Waals surface area contributed by atoms with Crippen molar-refractivity contribution in [1.29, 1.82) is 0 Å². The molecule has 2 aromatic heterocycles. The molecule has 4 aromatic rings. The zero-order chi connectivity index (χ0) is 25.5. The number of ether oxygens (including phenoxy) is 1. The molecule has 1 amide bonds. The number of rotatable bonds is 7. The molecule has 0 spiro atoms. The second-order valence-electron chi connectivity index (χ2n) is 8.33. The minimum absolute atomic E-state index is 0.165. The van der Waals surface area contributed by atoms with E-state index in [9.17, 15) is 9.59 Å². The van der Waals surface area contributed by atoms with Crippen LogP contribution in [0.3, 0.4) is 0 Å². The van der Waals surface area contributed by atoms with Gasteiger partial charge in [0.25, 0.3) is 5.91 Å². The topological polar surface area (TPSA) is 121 Å². The summed E-state index contributed by atoms with van der Waals surface area (Å²) in [7, 11) is 0. The number of H-pyrrole nitrogens is 1. The fourth-order valence-electron chi connectivity index (χ4n) is 3.87. The van der Waals surface area contributed by atoms with E-state index < -0.39 is 18.0 Å². The van der Waals surface area contributed by atoms with Crippen molar-refractivity contribution >= 4 is 34.7 Å². The summed E-state index contributed by atoms with van der Waals surface area (Å²) in [6.07, 6.45) is 1.47. The van der Waals surface area contributed by atoms with Crippen LogP contribution in [0.5, 0.6) is 0 Å². The Hall–Kier alpha value is -4.53. The average molecular weight is 485 g/mol. The van der Waals surface area contributed by atoms with Crippen LogP contribution in [0.1, 0.15) is 35.5 Å². The number of fused-ring (bicyclic) bond motifs is 1. The number of aromatic nitrogens is 3. The maximum absolute atomic E-state index is 13.2. The summed E-state index contributed by atoms with van der Waals surface area (Å²) >= 11 is 0. The first-order chi connectivity index (χ1) is 17.4. The Balaban J connectivity index is 1.57. The van der Waals surface area contributed by atoms with Gasteiger partial charge in [0.15, 0.2) is 0 Å². The fraction of sp³-hybridized carbons (Fsp3) is 0.222. The number of guanidine groups is 1. The number of carbonyl (C=O) groups excluding carboxylic acids is 2. The third-order valence-corrected chi connectivity index (χ3v) is 5.40. The number of hydrogen-bond donors (Lipinski definition) is 3. The SMILES string of the molecule is CC(=O)O[C@@H](C(=O)NC(=NCCc1c[nH]c2ccccc12)Nc1nc(C)cc(C)n1)c1ccccc1. The predicted molar refractivity (Wildman–Crippen MR) is 139 cm³/mol. The van der Waals surface area contributed by atoms with E-state index in [1.165, 1.54) is 6.92 Å². The van der Waals surface area contributed by atoms with Crippen LogP contribution in [0.25, 0.3) is 10.9 Å². The number of carbonyl (C=O) groups is 2. The van der Waals surface area contributed by atoms with E-state index in [0.29, 0.717) is 24.5 Å². The Kier molecular flexibility index (Phi) is 7.69. The maximum atomic E-state index is 13.2. The molecule has 184 valence electrons. The highest BCUT2D eigenvalue weighted by atomic mass is 16.5. The lowest BCUT2D eigenvalue weighted by Gasteiger charge is -2.18. The number of esters is 1. The van der Waals surface area contributed by atoms with Crippen molar-refractivity contribution in [2.75, 3.05) is 11.9 Å². The van der Waals surface area contributed by atoms with Crippen LogP contribution in [0, 0.1) is 13.8 Å². The van der Waals surface area contributed by atoms with E-state index in [-0.39, 0.29) is 5.96 Å². The number of aliphatic imine (C=N–C) groups is 1. The first-order valence-electron chi connectivity index (χ1n) is 11.6. The number of amides is 1. The Labute approximate surface area is 209 Å². The van der Waals surface area contributed by atoms with Gasteiger partial charge in [0, 0.05) is 47.5 Å². The number of para-hydroxylation sites is 1. The Morgan fingerprint density at radius 1 is 1.03 bits per heavy atom. The molecule has 2 aromatic carbocycles. The van der Waals surface area contributed by atoms with Crippen molar-refractivity contribution in [3.8, 4) is 0 Å². The van der Waals surface area contributed by atoms with Gasteiger partial charge in [-0.3, -0.25) is 25.2 Å². The van der Waals surface area contributed by atoms with E-state index in [2.05, 4.69) is 36.6 Å². The second-order valence-corrected chi connectivity index (χ2v) is 8.33. The van der Waals surface area contributed by atoms with Gasteiger partial charge in [0.1, 0.15) is 0 Å². The van der Waals surface area contributed by atoms with E-state index in [0.717, 1.165) is 27.9 Å². The molecule has 0 radical (unpaired) electrons. The monoisotopic (exact) mass is 484 g/mol. The zero-order valence-corrected chi connectivity index (χ0v) is 20.4. The maximum Gasteiger partial charge on any atom is 0.303 e. The molecule has 36 heavy (non-hydrogen) atoms. The first kappa shape index (κ1) is 24.6. The molecule has 0 aliphatic carbocycles. The summed E-state index contributed by atoms with van der Waals surface area (Å²) in [5.74, 6) is -0.637. The quantitative estimate of drug-likeness (QED) is 0.207. The van der Waals surface area contributed by atoms with Gasteiger partial charge in [-0.2, -0.15) is 0 Å². The third-order valence-electron chi connectivity index (χ3n) is 5.40. The molecular formula is C27H28N6O3. The number of nitrogens with one attached hydrogen (secondary N) is 3. The minimum Gasteiger partial charge on any atom is -0.447 e. The summed E-state index contributed by atoms with van der Waals surface area (Å²) in [5, 5.41) is 6.90. The van der Waals surface area contributed by atoms with E-state index >= 15 is 0 Å². The molecule has 0 saturated heterocycles. The van der Waals surface area contributed by atoms with Gasteiger partial charge >= 0.3 is 5.97 Å². The van der Waals surface area contributed by atoms with E-state index in [1.807, 2.05) is 50.4 Å². The predicted octanol–water partition coefficient (Wildman–Crippen LogP) is 4.01. The average Bonchev–Trinajstić information content (AvgIpc) is 3.25. The molecular weight excluding hydrogens is 456 g/mol. The summed E-state index contributed by atoms with van der Waals surface area (Å²) in [6.45, 7) is 5.37. The largest absolute Gasteiger partial charge is 0.447 e. The van der Waals surface area contributed by atoms with Crippen LogP contribution in [0.4, 0.5) is 5.95 Å². The van der Waals surface area contributed by atoms with Crippen LogP contribution in [0.2, 0.25) is 0 Å². The molecule has 9 nitrogen and oxygen atoms in total. The number of anilines is 1. The molecule has 0 fully saturated rings. The Bertz CT molecular complexity index is 1380. The number of aromatic amines is 1. The van der Waals surface area contributed by atoms with E-state index in [1.54, 1.807) is 24.3 Å². The number of nitrogens with zero attached hydrogens (tertiary/aromatic N) is 3. The summed E-state index contributed by atoms with van der Waals surface area (Å²) in [6, 6.07) is 18.7. The van der Waals surface area contributed by atoms with Crippen molar-refractivity contribution in [2.45, 2.75) is 33.3 Å². The Morgan fingerprint density at radius 3 is 2.44 bits per heavy atom. The molecule has 0 aliphatic rings. The zero-order valence-electron chi connectivity index (χ0n) is 20.4. The van der Waals surface area contributed by atoms with Crippen molar-refractivity contribution < 1.29 is 14.3 Å². The highest BCUT2D eigenvalue weighted by molar-refractivity contribution is 6.05. The lowest BCUT2D eigenvalue weighted by atomic mass is 10.1. The molecule has 2 heterocycles. The van der Waals surface area contributed by atoms with Gasteiger partial charge in [0.2, 0.25) is 18.0 Å². The second kappa shape index (κ2) is 11.3. The van der Waals surface area contributed by atoms with Gasteiger partial charge < -0.3 is 9.72 Å². The van der Waals surface area contributed by atoms with Crippen molar-refractivity contribution in [3.63, 3.8) is 0 Å². The minimum atomic E-state index is -1.13. The fourth-order valence-corrected chi connectivity index (χ4v) is 3.87. The molecule has 0 aliphatic heterocycles. The molecule has 0 bridgehead atoms. The molecule has 4 rings (SSSR count). The molecule has 0 unspecified atom stereocenters. The molecule has 1 atom stereocenters. The van der Waals surface area contributed by atoms with Gasteiger partial charge in [-0.05, 0) is 38.0 Å². The number of aryl methyl sites for hydroxylation is 2. The van der Waals surface area contributed by atoms with Crippen LogP contribution < -0.4 is 10.6 Å². The molecule has 0 saturated carbocycles. The van der Waals surface area contributed by atoms with Crippen molar-refractivity contribution in [2.24, 2.45) is 4.99 Å². The lowest BCUT2D eigenvalue weighted by Crippen LogP contribution is -2.40. The lowest BCUT2D eigenvalue weighted by molar-refractivity contribution is -0.153. The van der Waals surface area contributed by atoms with Gasteiger partial charge in [-0.1, -0.05) is 48.5 Å². The number of benzene rings is 2. The Morgan fingerprint density at radius 2 is 1.72 bits per heavy atom. The van der Waals surface area contributed by atoms with Crippen LogP contribution >= 0.6 is 0 Å². The van der Waals surface area contributed by atoms with Crippen molar-refractivity contribution in [3.05, 3.63) is 89.4 Å². The standard InChI is InChI=1S/C27H28N6O3/c1-17-15-18(2)31-27(30-17)33-26(28-14-13-21-16-29-23-12-8-7-11-22(21)23)32-25(35)24(36-19(3)34)20-9-5-4-6-10-20/h4-12,15-16,24,29H,13-14H2,1-3H3,(H2,28,30,31,32,33,35)/t24-/m1/s1. The molecule has 9 heteroatoms. The highest BCUT2D eigenvalue weighted by Gasteiger charge is 2.25. The number of hydrogen-bond acceptors (Lipinski definition) is 6. The summed E-state index contributed by atoms with van der Waals surface area (Å²) in [4.78, 5) is 41.6. The van der Waals surface area contributed by atoms with Gasteiger partial charge in [-0.25, -0.2) is 9.97 Å². The normalized spacial score (nSPS) is 12.2. The molecule has 3 N–H and O–H groups in total. The third kappa shape index (κ3) is 6.32. The van der Waals surface area contributed by atoms with Crippen LogP contribution in [-0.4, -0.2) is 39.3 Å². The highest BCUT2D eigenvalue weighted by Crippen LogP contribution is 2.19. The van der Waals surface area contributed by atoms with Gasteiger partial charge in [-0.15, -0.1) is 0 Å². The smallest absolute Gasteiger partial charge is 0.303 e. The van der Waals surface area contributed by atoms with Crippen LogP contribution in [-0.2, 0) is 20.7 Å².